The summed E-state index contributed by atoms with van der Waals surface area (Å²) < 4.78 is 4.83. The van der Waals surface area contributed by atoms with E-state index < -0.39 is 0 Å². The summed E-state index contributed by atoms with van der Waals surface area (Å²) in [5.74, 6) is 0. The molecule has 1 rings (SSSR count). The average molecular weight is 159 g/mol. The van der Waals surface area contributed by atoms with Crippen LogP contribution in [0, 0.1) is 0 Å². The second kappa shape index (κ2) is 6.71. The van der Waals surface area contributed by atoms with Crippen LogP contribution in [0.25, 0.3) is 0 Å². The molecule has 1 heterocycles. The number of hydrogen-bond donors (Lipinski definition) is 0. The lowest BCUT2D eigenvalue weighted by atomic mass is 10.7. The molecule has 3 heteroatoms. The fourth-order valence-electron chi connectivity index (χ4n) is 0.448. The van der Waals surface area contributed by atoms with Crippen molar-refractivity contribution in [3.05, 3.63) is 16.6 Å². The maximum atomic E-state index is 4.83. The first-order chi connectivity index (χ1) is 4.93. The standard InChI is InChI=1S/C5H7NOS.C2H6/c1-7-4-5-6-2-3-8-5;1-2/h2-3H,4H2,1H3;1-2H3. The minimum atomic E-state index is 0.637. The lowest BCUT2D eigenvalue weighted by Crippen LogP contribution is -1.82. The van der Waals surface area contributed by atoms with Gasteiger partial charge in [0.2, 0.25) is 0 Å². The summed E-state index contributed by atoms with van der Waals surface area (Å²) in [6.07, 6.45) is 1.78. The third-order valence-corrected chi connectivity index (χ3v) is 1.50. The highest BCUT2D eigenvalue weighted by Gasteiger charge is 1.89. The molecular formula is C7H13NOS. The maximum Gasteiger partial charge on any atom is 0.118 e. The third-order valence-electron chi connectivity index (χ3n) is 0.751. The smallest absolute Gasteiger partial charge is 0.118 e. The van der Waals surface area contributed by atoms with E-state index in [1.165, 1.54) is 0 Å². The highest BCUT2D eigenvalue weighted by Crippen LogP contribution is 2.03. The second-order valence-electron chi connectivity index (χ2n) is 1.36. The van der Waals surface area contributed by atoms with Gasteiger partial charge in [0, 0.05) is 18.7 Å². The monoisotopic (exact) mass is 159 g/mol. The van der Waals surface area contributed by atoms with Crippen molar-refractivity contribution in [2.24, 2.45) is 0 Å². The predicted octanol–water partition coefficient (Wildman–Crippen LogP) is 2.32. The molecule has 2 nitrogen and oxygen atoms in total. The van der Waals surface area contributed by atoms with Gasteiger partial charge in [-0.15, -0.1) is 11.3 Å². The molecule has 0 aromatic carbocycles. The average Bonchev–Trinajstić information content (AvgIpc) is 2.46. The molecule has 0 radical (unpaired) electrons. The highest BCUT2D eigenvalue weighted by atomic mass is 32.1. The van der Waals surface area contributed by atoms with E-state index in [1.807, 2.05) is 19.2 Å². The summed E-state index contributed by atoms with van der Waals surface area (Å²) in [6, 6.07) is 0. The molecule has 0 saturated carbocycles. The minimum Gasteiger partial charge on any atom is -0.378 e. The Kier molecular flexibility index (Phi) is 6.43. The van der Waals surface area contributed by atoms with Gasteiger partial charge in [-0.1, -0.05) is 13.8 Å². The summed E-state index contributed by atoms with van der Waals surface area (Å²) >= 11 is 1.61. The van der Waals surface area contributed by atoms with E-state index >= 15 is 0 Å². The van der Waals surface area contributed by atoms with Crippen LogP contribution in [-0.2, 0) is 11.3 Å². The van der Waals surface area contributed by atoms with E-state index in [0.717, 1.165) is 5.01 Å². The number of ether oxygens (including phenoxy) is 1. The van der Waals surface area contributed by atoms with Crippen molar-refractivity contribution in [1.29, 1.82) is 0 Å². The summed E-state index contributed by atoms with van der Waals surface area (Å²) in [4.78, 5) is 4.00. The predicted molar refractivity (Wildman–Crippen MR) is 44.2 cm³/mol. The molecule has 0 bridgehead atoms. The highest BCUT2D eigenvalue weighted by molar-refractivity contribution is 7.09. The number of nitrogens with zero attached hydrogens (tertiary/aromatic N) is 1. The van der Waals surface area contributed by atoms with Crippen molar-refractivity contribution in [3.63, 3.8) is 0 Å². The van der Waals surface area contributed by atoms with Gasteiger partial charge in [-0.2, -0.15) is 0 Å². The topological polar surface area (TPSA) is 22.1 Å². The Morgan fingerprint density at radius 1 is 1.60 bits per heavy atom. The second-order valence-corrected chi connectivity index (χ2v) is 2.34. The van der Waals surface area contributed by atoms with Gasteiger partial charge in [-0.25, -0.2) is 4.98 Å². The van der Waals surface area contributed by atoms with Crippen LogP contribution in [0.5, 0.6) is 0 Å². The maximum absolute atomic E-state index is 4.83. The molecule has 0 saturated heterocycles. The van der Waals surface area contributed by atoms with Gasteiger partial charge >= 0.3 is 0 Å². The van der Waals surface area contributed by atoms with Gasteiger partial charge in [0.15, 0.2) is 0 Å². The van der Waals surface area contributed by atoms with Gasteiger partial charge in [-0.3, -0.25) is 0 Å². The molecule has 58 valence electrons. The van der Waals surface area contributed by atoms with Gasteiger partial charge in [-0.05, 0) is 0 Å². The number of hydrogen-bond acceptors (Lipinski definition) is 3. The molecular weight excluding hydrogens is 146 g/mol. The molecule has 0 aliphatic carbocycles. The van der Waals surface area contributed by atoms with Crippen LogP contribution < -0.4 is 0 Å². The van der Waals surface area contributed by atoms with Crippen molar-refractivity contribution >= 4 is 11.3 Å². The molecule has 0 fully saturated rings. The Bertz CT molecular complexity index is 139. The molecule has 0 unspecified atom stereocenters. The molecule has 1 aromatic heterocycles. The van der Waals surface area contributed by atoms with Crippen LogP contribution in [0.4, 0.5) is 0 Å². The van der Waals surface area contributed by atoms with Gasteiger partial charge < -0.3 is 4.74 Å². The number of methoxy groups -OCH3 is 1. The van der Waals surface area contributed by atoms with Crippen molar-refractivity contribution in [2.75, 3.05) is 7.11 Å². The zero-order chi connectivity index (χ0) is 7.82. The molecule has 0 aliphatic heterocycles. The van der Waals surface area contributed by atoms with E-state index in [9.17, 15) is 0 Å². The molecule has 10 heavy (non-hydrogen) atoms. The Labute approximate surface area is 65.9 Å². The van der Waals surface area contributed by atoms with Crippen LogP contribution in [0.15, 0.2) is 11.6 Å². The summed E-state index contributed by atoms with van der Waals surface area (Å²) in [6.45, 7) is 4.64. The molecule has 0 spiro atoms. The zero-order valence-electron chi connectivity index (χ0n) is 6.63. The quantitative estimate of drug-likeness (QED) is 0.660. The molecule has 0 amide bonds. The van der Waals surface area contributed by atoms with Crippen molar-refractivity contribution in [1.82, 2.24) is 4.98 Å². The van der Waals surface area contributed by atoms with Gasteiger partial charge in [0.1, 0.15) is 5.01 Å². The third kappa shape index (κ3) is 3.58. The number of aromatic nitrogens is 1. The van der Waals surface area contributed by atoms with Crippen molar-refractivity contribution in [3.8, 4) is 0 Å². The van der Waals surface area contributed by atoms with Crippen LogP contribution in [-0.4, -0.2) is 12.1 Å². The van der Waals surface area contributed by atoms with Crippen molar-refractivity contribution in [2.45, 2.75) is 20.5 Å². The SMILES string of the molecule is CC.COCc1nccs1. The van der Waals surface area contributed by atoms with Gasteiger partial charge in [0.25, 0.3) is 0 Å². The lowest BCUT2D eigenvalue weighted by molar-refractivity contribution is 0.184. The minimum absolute atomic E-state index is 0.637. The lowest BCUT2D eigenvalue weighted by Gasteiger charge is -1.87. The molecule has 0 aliphatic rings. The first-order valence-corrected chi connectivity index (χ1v) is 4.19. The first-order valence-electron chi connectivity index (χ1n) is 3.31. The number of rotatable bonds is 2. The fourth-order valence-corrected chi connectivity index (χ4v) is 1.03. The van der Waals surface area contributed by atoms with E-state index in [-0.39, 0.29) is 0 Å². The largest absolute Gasteiger partial charge is 0.378 e. The molecule has 1 aromatic rings. The van der Waals surface area contributed by atoms with E-state index in [4.69, 9.17) is 4.74 Å². The summed E-state index contributed by atoms with van der Waals surface area (Å²) in [5, 5.41) is 2.97. The Morgan fingerprint density at radius 3 is 2.70 bits per heavy atom. The Hall–Kier alpha value is -0.410. The van der Waals surface area contributed by atoms with Crippen LogP contribution in [0.1, 0.15) is 18.9 Å². The van der Waals surface area contributed by atoms with E-state index in [0.29, 0.717) is 6.61 Å². The number of thiazole rings is 1. The fraction of sp³-hybridized carbons (Fsp3) is 0.571. The van der Waals surface area contributed by atoms with Gasteiger partial charge in [0.05, 0.1) is 6.61 Å². The summed E-state index contributed by atoms with van der Waals surface area (Å²) in [5.41, 5.74) is 0. The Morgan fingerprint density at radius 2 is 2.30 bits per heavy atom. The van der Waals surface area contributed by atoms with E-state index in [2.05, 4.69) is 4.98 Å². The van der Waals surface area contributed by atoms with E-state index in [1.54, 1.807) is 24.6 Å². The van der Waals surface area contributed by atoms with Crippen molar-refractivity contribution < 1.29 is 4.74 Å². The van der Waals surface area contributed by atoms with Crippen LogP contribution >= 0.6 is 11.3 Å². The molecule has 0 atom stereocenters. The first kappa shape index (κ1) is 9.59. The normalized spacial score (nSPS) is 8.30. The Balaban J connectivity index is 0.000000371. The zero-order valence-corrected chi connectivity index (χ0v) is 7.44. The van der Waals surface area contributed by atoms with Crippen LogP contribution in [0.3, 0.4) is 0 Å². The van der Waals surface area contributed by atoms with Crippen LogP contribution in [0.2, 0.25) is 0 Å². The summed E-state index contributed by atoms with van der Waals surface area (Å²) in [7, 11) is 1.67. The molecule has 0 N–H and O–H groups in total.